The first-order chi connectivity index (χ1) is 14.7. The van der Waals surface area contributed by atoms with Gasteiger partial charge in [-0.3, -0.25) is 4.90 Å². The van der Waals surface area contributed by atoms with Crippen molar-refractivity contribution in [1.82, 2.24) is 9.80 Å². The molecule has 1 saturated heterocycles. The van der Waals surface area contributed by atoms with E-state index in [0.717, 1.165) is 38.5 Å². The second-order valence-corrected chi connectivity index (χ2v) is 14.2. The van der Waals surface area contributed by atoms with Crippen molar-refractivity contribution in [2.45, 2.75) is 50.8 Å². The van der Waals surface area contributed by atoms with Gasteiger partial charge in [-0.25, -0.2) is 4.99 Å². The first-order valence-corrected chi connectivity index (χ1v) is 14.9. The molecule has 0 atom stereocenters. The van der Waals surface area contributed by atoms with Gasteiger partial charge in [0.15, 0.2) is 0 Å². The summed E-state index contributed by atoms with van der Waals surface area (Å²) >= 11 is 8.82. The monoisotopic (exact) mass is 679 g/mol. The number of rotatable bonds is 4. The molecule has 0 saturated carbocycles. The predicted molar refractivity (Wildman–Crippen MR) is 153 cm³/mol. The molecule has 168 valence electrons. The second kappa shape index (κ2) is 10.2. The molecule has 0 radical (unpaired) electrons. The maximum Gasteiger partial charge on any atom is 0.138 e. The SMILES string of the molecule is Cc1cc2c(c(CC(C)C)c1I)N=C(N1CCN(CC(C)C)CC1)c1csc(I)c1S2. The average molecular weight is 679 g/mol. The number of fused-ring (bicyclic) bond motifs is 2. The lowest BCUT2D eigenvalue weighted by Gasteiger charge is -2.37. The van der Waals surface area contributed by atoms with Crippen molar-refractivity contribution in [2.75, 3.05) is 32.7 Å². The molecular formula is C24H31I2N3S2. The van der Waals surface area contributed by atoms with Gasteiger partial charge in [-0.05, 0) is 87.6 Å². The van der Waals surface area contributed by atoms with Gasteiger partial charge in [0.05, 0.1) is 8.57 Å². The molecule has 1 aromatic carbocycles. The highest BCUT2D eigenvalue weighted by Gasteiger charge is 2.29. The molecule has 1 fully saturated rings. The Labute approximate surface area is 222 Å². The number of hydrogen-bond donors (Lipinski definition) is 0. The first kappa shape index (κ1) is 24.3. The van der Waals surface area contributed by atoms with Crippen LogP contribution in [0.25, 0.3) is 0 Å². The van der Waals surface area contributed by atoms with Crippen LogP contribution >= 0.6 is 68.3 Å². The van der Waals surface area contributed by atoms with Crippen LogP contribution < -0.4 is 0 Å². The van der Waals surface area contributed by atoms with Gasteiger partial charge in [-0.2, -0.15) is 0 Å². The number of thiophene rings is 1. The third-order valence-electron chi connectivity index (χ3n) is 5.76. The maximum absolute atomic E-state index is 5.46. The third-order valence-corrected chi connectivity index (χ3v) is 11.0. The fourth-order valence-electron chi connectivity index (χ4n) is 4.36. The largest absolute Gasteiger partial charge is 0.353 e. The van der Waals surface area contributed by atoms with Crippen LogP contribution in [0, 0.1) is 25.2 Å². The molecule has 1 aromatic heterocycles. The van der Waals surface area contributed by atoms with Crippen LogP contribution in [0.15, 0.2) is 26.2 Å². The summed E-state index contributed by atoms with van der Waals surface area (Å²) in [6.07, 6.45) is 1.08. The van der Waals surface area contributed by atoms with Crippen LogP contribution in [0.4, 0.5) is 5.69 Å². The Kier molecular flexibility index (Phi) is 7.99. The standard InChI is InChI=1S/C24H31I2N3S2/c1-14(2)10-17-20(25)16(5)11-19-21(17)27-24(18-13-30-23(26)22(18)31-19)29-8-6-28(7-9-29)12-15(3)4/h11,13-15H,6-10,12H2,1-5H3. The van der Waals surface area contributed by atoms with E-state index < -0.39 is 0 Å². The number of nitrogens with zero attached hydrogens (tertiary/aromatic N) is 3. The summed E-state index contributed by atoms with van der Waals surface area (Å²) in [6, 6.07) is 2.36. The van der Waals surface area contributed by atoms with Crippen molar-refractivity contribution >= 4 is 79.8 Å². The van der Waals surface area contributed by atoms with Gasteiger partial charge in [0.1, 0.15) is 5.84 Å². The Morgan fingerprint density at radius 1 is 1.06 bits per heavy atom. The van der Waals surface area contributed by atoms with E-state index in [-0.39, 0.29) is 0 Å². The Morgan fingerprint density at radius 2 is 1.77 bits per heavy atom. The highest BCUT2D eigenvalue weighted by molar-refractivity contribution is 14.1. The summed E-state index contributed by atoms with van der Waals surface area (Å²) in [4.78, 5) is 13.3. The van der Waals surface area contributed by atoms with Crippen LogP contribution in [0.1, 0.15) is 44.4 Å². The lowest BCUT2D eigenvalue weighted by Crippen LogP contribution is -2.49. The Bertz CT molecular complexity index is 989. The van der Waals surface area contributed by atoms with E-state index in [1.54, 1.807) is 0 Å². The summed E-state index contributed by atoms with van der Waals surface area (Å²) in [5, 5.41) is 2.33. The van der Waals surface area contributed by atoms with E-state index in [1.165, 1.54) is 51.0 Å². The minimum atomic E-state index is 0.611. The zero-order valence-corrected chi connectivity index (χ0v) is 24.9. The van der Waals surface area contributed by atoms with Crippen LogP contribution in [0.5, 0.6) is 0 Å². The molecule has 0 bridgehead atoms. The minimum Gasteiger partial charge on any atom is -0.353 e. The van der Waals surface area contributed by atoms with E-state index in [2.05, 4.69) is 101 Å². The normalized spacial score (nSPS) is 17.1. The van der Waals surface area contributed by atoms with Crippen molar-refractivity contribution in [3.8, 4) is 0 Å². The molecule has 31 heavy (non-hydrogen) atoms. The number of aryl methyl sites for hydroxylation is 1. The highest BCUT2D eigenvalue weighted by atomic mass is 127. The van der Waals surface area contributed by atoms with Gasteiger partial charge >= 0.3 is 0 Å². The van der Waals surface area contributed by atoms with E-state index >= 15 is 0 Å². The van der Waals surface area contributed by atoms with Crippen LogP contribution in [0.2, 0.25) is 0 Å². The summed E-state index contributed by atoms with van der Waals surface area (Å²) in [7, 11) is 0. The molecule has 0 aliphatic carbocycles. The smallest absolute Gasteiger partial charge is 0.138 e. The molecule has 2 aromatic rings. The van der Waals surface area contributed by atoms with Gasteiger partial charge < -0.3 is 4.90 Å². The Hall–Kier alpha value is 0.160. The fraction of sp³-hybridized carbons (Fsp3) is 0.542. The Morgan fingerprint density at radius 3 is 2.42 bits per heavy atom. The van der Waals surface area contributed by atoms with Crippen LogP contribution in [0.3, 0.4) is 0 Å². The predicted octanol–water partition coefficient (Wildman–Crippen LogP) is 7.28. The fourth-order valence-corrected chi connectivity index (χ4v) is 8.06. The van der Waals surface area contributed by atoms with Crippen molar-refractivity contribution in [1.29, 1.82) is 0 Å². The number of hydrogen-bond acceptors (Lipinski definition) is 5. The third kappa shape index (κ3) is 5.30. The highest BCUT2D eigenvalue weighted by Crippen LogP contribution is 2.48. The molecule has 2 aliphatic rings. The molecule has 0 N–H and O–H groups in total. The maximum atomic E-state index is 5.46. The summed E-state index contributed by atoms with van der Waals surface area (Å²) in [5.41, 5.74) is 5.34. The molecule has 4 rings (SSSR count). The quantitative estimate of drug-likeness (QED) is 0.317. The number of aliphatic imine (C=N–C) groups is 1. The number of halogens is 2. The van der Waals surface area contributed by atoms with E-state index in [0.29, 0.717) is 5.92 Å². The topological polar surface area (TPSA) is 18.8 Å². The van der Waals surface area contributed by atoms with E-state index in [1.807, 2.05) is 23.1 Å². The lowest BCUT2D eigenvalue weighted by molar-refractivity contribution is 0.166. The molecule has 7 heteroatoms. The van der Waals surface area contributed by atoms with Crippen LogP contribution in [-0.4, -0.2) is 48.4 Å². The molecule has 3 heterocycles. The molecule has 0 unspecified atom stereocenters. The van der Waals surface area contributed by atoms with Gasteiger partial charge in [-0.1, -0.05) is 39.5 Å². The Balaban J connectivity index is 1.78. The minimum absolute atomic E-state index is 0.611. The van der Waals surface area contributed by atoms with E-state index in [9.17, 15) is 0 Å². The van der Waals surface area contributed by atoms with Crippen molar-refractivity contribution in [3.05, 3.63) is 34.6 Å². The van der Waals surface area contributed by atoms with Gasteiger partial charge in [0.25, 0.3) is 0 Å². The lowest BCUT2D eigenvalue weighted by atomic mass is 9.99. The summed E-state index contributed by atoms with van der Waals surface area (Å²) in [5.74, 6) is 2.52. The van der Waals surface area contributed by atoms with Crippen molar-refractivity contribution < 1.29 is 0 Å². The average Bonchev–Trinajstić information content (AvgIpc) is 2.97. The first-order valence-electron chi connectivity index (χ1n) is 11.1. The van der Waals surface area contributed by atoms with Crippen molar-refractivity contribution in [3.63, 3.8) is 0 Å². The van der Waals surface area contributed by atoms with Gasteiger partial charge in [0, 0.05) is 57.0 Å². The number of benzene rings is 1. The second-order valence-electron chi connectivity index (χ2n) is 9.40. The molecule has 0 amide bonds. The molecule has 0 spiro atoms. The molecule has 3 nitrogen and oxygen atoms in total. The van der Waals surface area contributed by atoms with Crippen LogP contribution in [-0.2, 0) is 6.42 Å². The number of piperazine rings is 1. The van der Waals surface area contributed by atoms with Gasteiger partial charge in [0.2, 0.25) is 0 Å². The number of amidine groups is 1. The summed E-state index contributed by atoms with van der Waals surface area (Å²) in [6.45, 7) is 17.0. The summed E-state index contributed by atoms with van der Waals surface area (Å²) < 4.78 is 2.76. The zero-order chi connectivity index (χ0) is 22.3. The zero-order valence-electron chi connectivity index (χ0n) is 19.0. The molecule has 2 aliphatic heterocycles. The molecular weight excluding hydrogens is 648 g/mol. The van der Waals surface area contributed by atoms with Gasteiger partial charge in [-0.15, -0.1) is 11.3 Å². The van der Waals surface area contributed by atoms with Crippen molar-refractivity contribution in [2.24, 2.45) is 16.8 Å². The van der Waals surface area contributed by atoms with E-state index in [4.69, 9.17) is 4.99 Å².